The van der Waals surface area contributed by atoms with Crippen LogP contribution in [0.25, 0.3) is 0 Å². The van der Waals surface area contributed by atoms with Gasteiger partial charge in [0.2, 0.25) is 5.91 Å². The minimum absolute atomic E-state index is 0.115. The molecule has 2 aliphatic heterocycles. The number of hydrogen-bond acceptors (Lipinski definition) is 8. The molecule has 1 fully saturated rings. The van der Waals surface area contributed by atoms with Gasteiger partial charge in [-0.25, -0.2) is 0 Å². The molecule has 2 aromatic heterocycles. The third-order valence-corrected chi connectivity index (χ3v) is 7.47. The minimum Gasteiger partial charge on any atom is -0.456 e. The molecular weight excluding hydrogens is 512 g/mol. The quantitative estimate of drug-likeness (QED) is 0.517. The Labute approximate surface area is 234 Å². The minimum atomic E-state index is -0.325. The zero-order valence-corrected chi connectivity index (χ0v) is 23.4. The maximum atomic E-state index is 13.4. The Hall–Kier alpha value is -3.80. The monoisotopic (exact) mass is 548 g/mol. The van der Waals surface area contributed by atoms with Gasteiger partial charge >= 0.3 is 0 Å². The summed E-state index contributed by atoms with van der Waals surface area (Å²) < 4.78 is 19.5. The highest BCUT2D eigenvalue weighted by Crippen LogP contribution is 2.25. The Morgan fingerprint density at radius 3 is 2.75 bits per heavy atom. The van der Waals surface area contributed by atoms with E-state index in [1.807, 2.05) is 42.9 Å². The molecule has 0 spiro atoms. The number of amides is 2. The van der Waals surface area contributed by atoms with E-state index in [1.165, 1.54) is 16.7 Å². The molecule has 0 aliphatic carbocycles. The molecule has 3 aromatic rings. The Morgan fingerprint density at radius 1 is 1.12 bits per heavy atom. The zero-order valence-electron chi connectivity index (χ0n) is 23.4. The second kappa shape index (κ2) is 12.2. The Bertz CT molecular complexity index is 1370. The highest BCUT2D eigenvalue weighted by atomic mass is 16.5. The van der Waals surface area contributed by atoms with Gasteiger partial charge in [0.1, 0.15) is 11.5 Å². The van der Waals surface area contributed by atoms with Crippen molar-refractivity contribution in [3.63, 3.8) is 0 Å². The van der Waals surface area contributed by atoms with Crippen LogP contribution in [0.1, 0.15) is 32.9 Å². The van der Waals surface area contributed by atoms with Crippen molar-refractivity contribution in [2.75, 3.05) is 39.9 Å². The van der Waals surface area contributed by atoms with Crippen molar-refractivity contribution in [1.82, 2.24) is 29.9 Å². The van der Waals surface area contributed by atoms with E-state index < -0.39 is 0 Å². The van der Waals surface area contributed by atoms with Crippen LogP contribution in [0, 0.1) is 13.8 Å². The van der Waals surface area contributed by atoms with Gasteiger partial charge in [0.05, 0.1) is 49.4 Å². The smallest absolute Gasteiger partial charge is 0.256 e. The second-order valence-electron chi connectivity index (χ2n) is 10.4. The van der Waals surface area contributed by atoms with Crippen molar-refractivity contribution >= 4 is 11.8 Å². The van der Waals surface area contributed by atoms with Gasteiger partial charge in [-0.3, -0.25) is 24.2 Å². The molecular formula is C29H36N6O5. The van der Waals surface area contributed by atoms with E-state index in [2.05, 4.69) is 27.2 Å². The van der Waals surface area contributed by atoms with E-state index in [9.17, 15) is 9.59 Å². The Kier molecular flexibility index (Phi) is 8.43. The molecule has 212 valence electrons. The van der Waals surface area contributed by atoms with Gasteiger partial charge in [0, 0.05) is 57.8 Å². The van der Waals surface area contributed by atoms with Gasteiger partial charge in [0.25, 0.3) is 5.91 Å². The van der Waals surface area contributed by atoms with E-state index in [-0.39, 0.29) is 37.0 Å². The standard InChI is InChI=1S/C29H36N6O5/c1-19-25(20(2)33(3)32-19)14-34-15-26-27(16-34)39-18-21-6-5-7-23(10-21)40-24-11-22(12-30-13-24)29(37)35(8-9-38-4)17-28(36)31-26/h5-7,10-13,26-27H,8-9,14-18H2,1-4H3,(H,31,36)/t26-,27-/m0/s1. The number of likely N-dealkylation sites (tertiary alicyclic amines) is 1. The van der Waals surface area contributed by atoms with Gasteiger partial charge in [-0.1, -0.05) is 12.1 Å². The lowest BCUT2D eigenvalue weighted by Gasteiger charge is -2.25. The van der Waals surface area contributed by atoms with Crippen molar-refractivity contribution in [1.29, 1.82) is 0 Å². The number of carbonyl (C=O) groups is 2. The normalized spacial score (nSPS) is 20.2. The number of aromatic nitrogens is 3. The summed E-state index contributed by atoms with van der Waals surface area (Å²) in [5.74, 6) is 0.471. The number of ether oxygens (including phenoxy) is 3. The molecule has 11 heteroatoms. The average molecular weight is 549 g/mol. The molecule has 5 rings (SSSR count). The summed E-state index contributed by atoms with van der Waals surface area (Å²) in [7, 11) is 3.51. The molecule has 0 radical (unpaired) electrons. The lowest BCUT2D eigenvalue weighted by atomic mass is 10.2. The number of carbonyl (C=O) groups excluding carboxylic acids is 2. The van der Waals surface area contributed by atoms with E-state index in [4.69, 9.17) is 14.2 Å². The largest absolute Gasteiger partial charge is 0.456 e. The highest BCUT2D eigenvalue weighted by Gasteiger charge is 2.36. The number of rotatable bonds is 5. The van der Waals surface area contributed by atoms with Gasteiger partial charge in [-0.15, -0.1) is 0 Å². The Balaban J connectivity index is 1.42. The number of methoxy groups -OCH3 is 1. The van der Waals surface area contributed by atoms with Crippen LogP contribution >= 0.6 is 0 Å². The van der Waals surface area contributed by atoms with Crippen molar-refractivity contribution in [2.24, 2.45) is 7.05 Å². The molecule has 11 nitrogen and oxygen atoms in total. The number of nitrogens with zero attached hydrogens (tertiary/aromatic N) is 5. The molecule has 0 unspecified atom stereocenters. The lowest BCUT2D eigenvalue weighted by Crippen LogP contribution is -2.49. The Morgan fingerprint density at radius 2 is 1.98 bits per heavy atom. The first-order valence-electron chi connectivity index (χ1n) is 13.4. The van der Waals surface area contributed by atoms with Crippen LogP contribution in [0.3, 0.4) is 0 Å². The fourth-order valence-corrected chi connectivity index (χ4v) is 5.25. The van der Waals surface area contributed by atoms with E-state index >= 15 is 0 Å². The summed E-state index contributed by atoms with van der Waals surface area (Å²) >= 11 is 0. The highest BCUT2D eigenvalue weighted by molar-refractivity contribution is 5.96. The maximum Gasteiger partial charge on any atom is 0.256 e. The van der Waals surface area contributed by atoms with Crippen LogP contribution in [0.15, 0.2) is 42.7 Å². The van der Waals surface area contributed by atoms with E-state index in [0.717, 1.165) is 17.0 Å². The van der Waals surface area contributed by atoms with Gasteiger partial charge < -0.3 is 24.4 Å². The van der Waals surface area contributed by atoms with Crippen LogP contribution in [-0.4, -0.2) is 88.4 Å². The first-order chi connectivity index (χ1) is 19.3. The maximum absolute atomic E-state index is 13.4. The SMILES string of the molecule is COCCN1CC(=O)N[C@H]2CN(Cc3c(C)nn(C)c3C)C[C@@H]2OCc2cccc(c2)Oc2cncc(c2)C1=O. The van der Waals surface area contributed by atoms with Crippen LogP contribution < -0.4 is 10.1 Å². The first kappa shape index (κ1) is 27.8. The number of fused-ring (bicyclic) bond motifs is 5. The second-order valence-corrected chi connectivity index (χ2v) is 10.4. The van der Waals surface area contributed by atoms with E-state index in [0.29, 0.717) is 49.9 Å². The molecule has 4 heterocycles. The van der Waals surface area contributed by atoms with Crippen LogP contribution in [0.5, 0.6) is 11.5 Å². The number of nitrogens with one attached hydrogen (secondary N) is 1. The predicted octanol–water partition coefficient (Wildman–Crippen LogP) is 2.21. The van der Waals surface area contributed by atoms with Crippen LogP contribution in [0.2, 0.25) is 0 Å². The fraction of sp³-hybridized carbons (Fsp3) is 0.448. The molecule has 4 bridgehead atoms. The summed E-state index contributed by atoms with van der Waals surface area (Å²) in [6.45, 7) is 6.86. The lowest BCUT2D eigenvalue weighted by molar-refractivity contribution is -0.123. The van der Waals surface area contributed by atoms with Crippen molar-refractivity contribution < 1.29 is 23.8 Å². The molecule has 1 saturated heterocycles. The first-order valence-corrected chi connectivity index (χ1v) is 13.4. The van der Waals surface area contributed by atoms with Gasteiger partial charge in [-0.05, 0) is 37.6 Å². The van der Waals surface area contributed by atoms with E-state index in [1.54, 1.807) is 19.4 Å². The summed E-state index contributed by atoms with van der Waals surface area (Å²) in [4.78, 5) is 34.7. The molecule has 2 atom stereocenters. The number of hydrogen-bond donors (Lipinski definition) is 1. The number of aryl methyl sites for hydroxylation is 2. The third-order valence-electron chi connectivity index (χ3n) is 7.47. The van der Waals surface area contributed by atoms with Gasteiger partial charge in [0.15, 0.2) is 0 Å². The summed E-state index contributed by atoms with van der Waals surface area (Å²) in [5, 5.41) is 7.70. The van der Waals surface area contributed by atoms with Crippen molar-refractivity contribution in [3.8, 4) is 11.5 Å². The summed E-state index contributed by atoms with van der Waals surface area (Å²) in [5.41, 5.74) is 4.58. The molecule has 0 saturated carbocycles. The van der Waals surface area contributed by atoms with Crippen LogP contribution in [-0.2, 0) is 34.5 Å². The molecule has 2 aliphatic rings. The fourth-order valence-electron chi connectivity index (χ4n) is 5.25. The van der Waals surface area contributed by atoms with Gasteiger partial charge in [-0.2, -0.15) is 5.10 Å². The topological polar surface area (TPSA) is 111 Å². The number of pyridine rings is 1. The third kappa shape index (κ3) is 6.33. The summed E-state index contributed by atoms with van der Waals surface area (Å²) in [6, 6.07) is 9.03. The predicted molar refractivity (Wildman–Crippen MR) is 147 cm³/mol. The molecule has 1 aromatic carbocycles. The van der Waals surface area contributed by atoms with Crippen molar-refractivity contribution in [2.45, 2.75) is 39.1 Å². The van der Waals surface area contributed by atoms with Crippen LogP contribution in [0.4, 0.5) is 0 Å². The molecule has 2 amide bonds. The molecule has 1 N–H and O–H groups in total. The van der Waals surface area contributed by atoms with Crippen molar-refractivity contribution in [3.05, 3.63) is 70.8 Å². The summed E-state index contributed by atoms with van der Waals surface area (Å²) in [6.07, 6.45) is 2.80. The average Bonchev–Trinajstić information content (AvgIpc) is 3.43. The zero-order chi connectivity index (χ0) is 28.2. The number of benzene rings is 1. The molecule has 40 heavy (non-hydrogen) atoms.